The van der Waals surface area contributed by atoms with E-state index in [0.717, 1.165) is 31.7 Å². The van der Waals surface area contributed by atoms with Gasteiger partial charge in [0.05, 0.1) is 15.6 Å². The molecule has 0 radical (unpaired) electrons. The van der Waals surface area contributed by atoms with Crippen molar-refractivity contribution in [2.45, 2.75) is 25.7 Å². The molecule has 7 heteroatoms. The van der Waals surface area contributed by atoms with Crippen LogP contribution >= 0.6 is 22.9 Å². The van der Waals surface area contributed by atoms with Crippen LogP contribution in [0, 0.1) is 6.92 Å². The van der Waals surface area contributed by atoms with Crippen LogP contribution in [-0.2, 0) is 0 Å². The number of carboxylic acid groups (broad SMARTS) is 1. The van der Waals surface area contributed by atoms with Gasteiger partial charge in [-0.05, 0) is 44.5 Å². The van der Waals surface area contributed by atoms with Gasteiger partial charge in [0.25, 0.3) is 0 Å². The van der Waals surface area contributed by atoms with Crippen molar-refractivity contribution in [3.05, 3.63) is 44.9 Å². The number of hydrogen-bond donors (Lipinski definition) is 1. The summed E-state index contributed by atoms with van der Waals surface area (Å²) < 4.78 is 5.74. The lowest BCUT2D eigenvalue weighted by Gasteiger charge is -2.31. The average molecular weight is 381 g/mol. The zero-order valence-electron chi connectivity index (χ0n) is 14.1. The number of thiazole rings is 1. The number of aromatic nitrogens is 1. The van der Waals surface area contributed by atoms with Gasteiger partial charge in [-0.1, -0.05) is 11.6 Å². The minimum Gasteiger partial charge on any atom is -0.491 e. The normalized spacial score (nSPS) is 18.2. The summed E-state index contributed by atoms with van der Waals surface area (Å²) in [6.45, 7) is 5.44. The van der Waals surface area contributed by atoms with Crippen LogP contribution in [0.1, 0.15) is 39.8 Å². The van der Waals surface area contributed by atoms with Crippen LogP contribution in [0.25, 0.3) is 0 Å². The Hall–Kier alpha value is -1.63. The molecule has 1 aromatic carbocycles. The van der Waals surface area contributed by atoms with Gasteiger partial charge in [0.2, 0.25) is 0 Å². The molecule has 2 heterocycles. The van der Waals surface area contributed by atoms with Crippen LogP contribution in [-0.4, -0.2) is 47.2 Å². The summed E-state index contributed by atoms with van der Waals surface area (Å²) in [5, 5.41) is 12.6. The van der Waals surface area contributed by atoms with Crippen molar-refractivity contribution in [2.24, 2.45) is 0 Å². The monoisotopic (exact) mass is 380 g/mol. The second kappa shape index (κ2) is 8.17. The largest absolute Gasteiger partial charge is 0.491 e. The summed E-state index contributed by atoms with van der Waals surface area (Å²) in [5.74, 6) is 0.0342. The molecule has 1 fully saturated rings. The van der Waals surface area contributed by atoms with Gasteiger partial charge >= 0.3 is 5.97 Å². The number of halogens is 1. The third-order valence-corrected chi connectivity index (χ3v) is 5.76. The zero-order valence-corrected chi connectivity index (χ0v) is 15.6. The highest BCUT2D eigenvalue weighted by atomic mass is 35.5. The molecule has 0 spiro atoms. The molecule has 0 aliphatic carbocycles. The SMILES string of the molecule is Cc1csc(C2CCCN(CCOc3ccc(C(=O)O)cc3Cl)C2)n1. The molecule has 1 saturated heterocycles. The first kappa shape index (κ1) is 18.2. The fourth-order valence-corrected chi connectivity index (χ4v) is 4.22. The highest BCUT2D eigenvalue weighted by molar-refractivity contribution is 7.09. The van der Waals surface area contributed by atoms with Crippen molar-refractivity contribution < 1.29 is 14.6 Å². The van der Waals surface area contributed by atoms with E-state index in [1.165, 1.54) is 23.6 Å². The average Bonchev–Trinajstić information content (AvgIpc) is 3.03. The van der Waals surface area contributed by atoms with Crippen molar-refractivity contribution in [2.75, 3.05) is 26.2 Å². The fourth-order valence-electron chi connectivity index (χ4n) is 3.06. The minimum absolute atomic E-state index is 0.162. The number of carboxylic acids is 1. The van der Waals surface area contributed by atoms with E-state index in [1.807, 2.05) is 6.92 Å². The number of carbonyl (C=O) groups is 1. The number of aromatic carboxylic acids is 1. The zero-order chi connectivity index (χ0) is 17.8. The highest BCUT2D eigenvalue weighted by Gasteiger charge is 2.23. The molecule has 1 aromatic heterocycles. The van der Waals surface area contributed by atoms with Gasteiger partial charge < -0.3 is 9.84 Å². The Balaban J connectivity index is 1.51. The molecule has 5 nitrogen and oxygen atoms in total. The molecular weight excluding hydrogens is 360 g/mol. The molecule has 2 aromatic rings. The van der Waals surface area contributed by atoms with Crippen molar-refractivity contribution in [3.8, 4) is 5.75 Å². The summed E-state index contributed by atoms with van der Waals surface area (Å²) in [5.41, 5.74) is 1.26. The number of likely N-dealkylation sites (tertiary alicyclic amines) is 1. The first-order valence-corrected chi connectivity index (χ1v) is 9.58. The maximum atomic E-state index is 10.9. The lowest BCUT2D eigenvalue weighted by molar-refractivity contribution is 0.0697. The predicted molar refractivity (Wildman–Crippen MR) is 99.2 cm³/mol. The molecule has 134 valence electrons. The van der Waals surface area contributed by atoms with E-state index < -0.39 is 5.97 Å². The fraction of sp³-hybridized carbons (Fsp3) is 0.444. The number of rotatable bonds is 6. The van der Waals surface area contributed by atoms with E-state index in [2.05, 4.69) is 15.3 Å². The van der Waals surface area contributed by atoms with Gasteiger partial charge in [-0.25, -0.2) is 9.78 Å². The summed E-state index contributed by atoms with van der Waals surface area (Å²) >= 11 is 7.84. The first-order chi connectivity index (χ1) is 12.0. The van der Waals surface area contributed by atoms with Crippen LogP contribution in [0.3, 0.4) is 0 Å². The highest BCUT2D eigenvalue weighted by Crippen LogP contribution is 2.29. The Morgan fingerprint density at radius 2 is 2.36 bits per heavy atom. The van der Waals surface area contributed by atoms with Crippen LogP contribution in [0.4, 0.5) is 0 Å². The lowest BCUT2D eigenvalue weighted by Crippen LogP contribution is -2.37. The third kappa shape index (κ3) is 4.71. The first-order valence-electron chi connectivity index (χ1n) is 8.33. The molecule has 0 bridgehead atoms. The van der Waals surface area contributed by atoms with Gasteiger partial charge in [0, 0.05) is 30.1 Å². The van der Waals surface area contributed by atoms with Crippen molar-refractivity contribution in [1.29, 1.82) is 0 Å². The second-order valence-electron chi connectivity index (χ2n) is 6.27. The Kier molecular flexibility index (Phi) is 5.93. The topological polar surface area (TPSA) is 62.7 Å². The molecule has 1 atom stereocenters. The van der Waals surface area contributed by atoms with Gasteiger partial charge in [-0.3, -0.25) is 4.90 Å². The van der Waals surface area contributed by atoms with Crippen molar-refractivity contribution >= 4 is 28.9 Å². The number of nitrogens with zero attached hydrogens (tertiary/aromatic N) is 2. The van der Waals surface area contributed by atoms with Gasteiger partial charge in [0.15, 0.2) is 0 Å². The summed E-state index contributed by atoms with van der Waals surface area (Å²) in [7, 11) is 0. The Morgan fingerprint density at radius 1 is 1.52 bits per heavy atom. The quantitative estimate of drug-likeness (QED) is 0.818. The summed E-state index contributed by atoms with van der Waals surface area (Å²) in [4.78, 5) is 17.9. The smallest absolute Gasteiger partial charge is 0.335 e. The van der Waals surface area contributed by atoms with E-state index in [-0.39, 0.29) is 5.56 Å². The molecule has 1 aliphatic rings. The van der Waals surface area contributed by atoms with E-state index in [0.29, 0.717) is 23.3 Å². The second-order valence-corrected chi connectivity index (χ2v) is 7.56. The van der Waals surface area contributed by atoms with Crippen LogP contribution in [0.5, 0.6) is 5.75 Å². The van der Waals surface area contributed by atoms with Crippen molar-refractivity contribution in [1.82, 2.24) is 9.88 Å². The maximum absolute atomic E-state index is 10.9. The number of benzene rings is 1. The molecule has 0 amide bonds. The van der Waals surface area contributed by atoms with Gasteiger partial charge in [-0.15, -0.1) is 11.3 Å². The number of ether oxygens (including phenoxy) is 1. The molecule has 1 N–H and O–H groups in total. The van der Waals surface area contributed by atoms with Crippen LogP contribution in [0.2, 0.25) is 5.02 Å². The van der Waals surface area contributed by atoms with Crippen LogP contribution < -0.4 is 4.74 Å². The number of piperidine rings is 1. The predicted octanol–water partition coefficient (Wildman–Crippen LogP) is 4.06. The molecule has 0 saturated carbocycles. The van der Waals surface area contributed by atoms with E-state index >= 15 is 0 Å². The molecule has 3 rings (SSSR count). The molecule has 1 unspecified atom stereocenters. The third-order valence-electron chi connectivity index (χ3n) is 4.34. The number of aryl methyl sites for hydroxylation is 1. The molecule has 1 aliphatic heterocycles. The van der Waals surface area contributed by atoms with E-state index in [9.17, 15) is 4.79 Å². The standard InChI is InChI=1S/C18H21ClN2O3S/c1-12-11-25-17(20-12)14-3-2-6-21(10-14)7-8-24-16-5-4-13(18(22)23)9-15(16)19/h4-5,9,11,14H,2-3,6-8,10H2,1H3,(H,22,23). The number of hydrogen-bond acceptors (Lipinski definition) is 5. The van der Waals surface area contributed by atoms with Crippen LogP contribution in [0.15, 0.2) is 23.6 Å². The van der Waals surface area contributed by atoms with E-state index in [4.69, 9.17) is 21.4 Å². The summed E-state index contributed by atoms with van der Waals surface area (Å²) in [6, 6.07) is 4.54. The molecule has 25 heavy (non-hydrogen) atoms. The minimum atomic E-state index is -0.995. The molecular formula is C18H21ClN2O3S. The Bertz CT molecular complexity index is 750. The van der Waals surface area contributed by atoms with E-state index in [1.54, 1.807) is 17.4 Å². The van der Waals surface area contributed by atoms with Gasteiger partial charge in [-0.2, -0.15) is 0 Å². The van der Waals surface area contributed by atoms with Gasteiger partial charge in [0.1, 0.15) is 12.4 Å². The maximum Gasteiger partial charge on any atom is 0.335 e. The lowest BCUT2D eigenvalue weighted by atomic mass is 9.99. The Labute approximate surface area is 156 Å². The summed E-state index contributed by atoms with van der Waals surface area (Å²) in [6.07, 6.45) is 2.35. The Morgan fingerprint density at radius 3 is 3.04 bits per heavy atom. The van der Waals surface area contributed by atoms with Crippen molar-refractivity contribution in [3.63, 3.8) is 0 Å².